The highest BCUT2D eigenvalue weighted by Crippen LogP contribution is 2.24. The molecule has 0 unspecified atom stereocenters. The largest absolute Gasteiger partial charge is 0.573 e. The summed E-state index contributed by atoms with van der Waals surface area (Å²) in [6, 6.07) is 11.1. The quantitative estimate of drug-likeness (QED) is 0.791. The van der Waals surface area contributed by atoms with Gasteiger partial charge in [-0.1, -0.05) is 12.1 Å². The lowest BCUT2D eigenvalue weighted by Gasteiger charge is -2.14. The van der Waals surface area contributed by atoms with E-state index in [1.165, 1.54) is 29.2 Å². The molecule has 146 valence electrons. The number of imide groups is 1. The van der Waals surface area contributed by atoms with Gasteiger partial charge in [0.1, 0.15) is 5.75 Å². The van der Waals surface area contributed by atoms with Crippen LogP contribution in [0, 0.1) is 0 Å². The van der Waals surface area contributed by atoms with E-state index in [2.05, 4.69) is 10.1 Å². The van der Waals surface area contributed by atoms with Crippen LogP contribution in [0.5, 0.6) is 5.75 Å². The van der Waals surface area contributed by atoms with Gasteiger partial charge in [-0.2, -0.15) is 0 Å². The molecule has 1 aliphatic heterocycles. The van der Waals surface area contributed by atoms with Gasteiger partial charge in [0.05, 0.1) is 6.54 Å². The van der Waals surface area contributed by atoms with Crippen LogP contribution in [-0.4, -0.2) is 29.0 Å². The number of benzene rings is 2. The Morgan fingerprint density at radius 2 is 1.54 bits per heavy atom. The highest BCUT2D eigenvalue weighted by atomic mass is 19.4. The van der Waals surface area contributed by atoms with Gasteiger partial charge in [0, 0.05) is 24.1 Å². The molecule has 1 fully saturated rings. The van der Waals surface area contributed by atoms with Crippen molar-refractivity contribution < 1.29 is 32.3 Å². The van der Waals surface area contributed by atoms with Gasteiger partial charge in [0.2, 0.25) is 11.8 Å². The maximum Gasteiger partial charge on any atom is 0.573 e. The van der Waals surface area contributed by atoms with Crippen molar-refractivity contribution in [2.24, 2.45) is 0 Å². The van der Waals surface area contributed by atoms with Crippen molar-refractivity contribution in [1.29, 1.82) is 0 Å². The summed E-state index contributed by atoms with van der Waals surface area (Å²) < 4.78 is 40.2. The van der Waals surface area contributed by atoms with Crippen molar-refractivity contribution >= 4 is 23.4 Å². The Kier molecular flexibility index (Phi) is 5.34. The molecule has 1 heterocycles. The standard InChI is InChI=1S/C19H15F3N2O4/c20-19(21,22)28-15-7-5-14(6-8-15)23-18(27)13-3-1-12(2-4-13)11-24-16(25)9-10-17(24)26/h1-8H,9-11H2,(H,23,27). The maximum atomic E-state index is 12.2. The fourth-order valence-corrected chi connectivity index (χ4v) is 2.69. The Labute approximate surface area is 157 Å². The van der Waals surface area contributed by atoms with Crippen molar-refractivity contribution in [2.75, 3.05) is 5.32 Å². The molecule has 1 saturated heterocycles. The Morgan fingerprint density at radius 3 is 2.07 bits per heavy atom. The lowest BCUT2D eigenvalue weighted by molar-refractivity contribution is -0.274. The maximum absolute atomic E-state index is 12.2. The van der Waals surface area contributed by atoms with E-state index >= 15 is 0 Å². The second-order valence-corrected chi connectivity index (χ2v) is 6.10. The summed E-state index contributed by atoms with van der Waals surface area (Å²) in [7, 11) is 0. The van der Waals surface area contributed by atoms with E-state index in [4.69, 9.17) is 0 Å². The lowest BCUT2D eigenvalue weighted by Crippen LogP contribution is -2.28. The van der Waals surface area contributed by atoms with Crippen LogP contribution in [0.25, 0.3) is 0 Å². The summed E-state index contributed by atoms with van der Waals surface area (Å²) >= 11 is 0. The number of alkyl halides is 3. The number of nitrogens with one attached hydrogen (secondary N) is 1. The topological polar surface area (TPSA) is 75.7 Å². The number of nitrogens with zero attached hydrogens (tertiary/aromatic N) is 1. The zero-order valence-electron chi connectivity index (χ0n) is 14.5. The number of amides is 3. The number of hydrogen-bond donors (Lipinski definition) is 1. The van der Waals surface area contributed by atoms with Gasteiger partial charge in [-0.3, -0.25) is 19.3 Å². The Hall–Kier alpha value is -3.36. The first kappa shape index (κ1) is 19.4. The van der Waals surface area contributed by atoms with Gasteiger partial charge in [-0.25, -0.2) is 0 Å². The van der Waals surface area contributed by atoms with E-state index in [-0.39, 0.29) is 37.0 Å². The van der Waals surface area contributed by atoms with Gasteiger partial charge < -0.3 is 10.1 Å². The van der Waals surface area contributed by atoms with Crippen LogP contribution in [-0.2, 0) is 16.1 Å². The zero-order chi connectivity index (χ0) is 20.3. The van der Waals surface area contributed by atoms with E-state index in [0.29, 0.717) is 16.8 Å². The Balaban J connectivity index is 1.60. The normalized spacial score (nSPS) is 14.3. The van der Waals surface area contributed by atoms with E-state index < -0.39 is 12.3 Å². The first-order valence-electron chi connectivity index (χ1n) is 8.30. The van der Waals surface area contributed by atoms with Crippen LogP contribution in [0.3, 0.4) is 0 Å². The van der Waals surface area contributed by atoms with Crippen LogP contribution in [0.1, 0.15) is 28.8 Å². The Bertz CT molecular complexity index is 877. The van der Waals surface area contributed by atoms with Gasteiger partial charge in [0.15, 0.2) is 0 Å². The highest BCUT2D eigenvalue weighted by Gasteiger charge is 2.31. The zero-order valence-corrected chi connectivity index (χ0v) is 14.5. The first-order chi connectivity index (χ1) is 13.2. The molecule has 0 radical (unpaired) electrons. The van der Waals surface area contributed by atoms with E-state index in [1.54, 1.807) is 12.1 Å². The highest BCUT2D eigenvalue weighted by molar-refractivity contribution is 6.04. The number of hydrogen-bond acceptors (Lipinski definition) is 4. The average molecular weight is 392 g/mol. The number of carbonyl (C=O) groups excluding carboxylic acids is 3. The smallest absolute Gasteiger partial charge is 0.406 e. The molecule has 9 heteroatoms. The molecule has 0 atom stereocenters. The summed E-state index contributed by atoms with van der Waals surface area (Å²) in [6.07, 6.45) is -4.35. The van der Waals surface area contributed by atoms with Crippen molar-refractivity contribution in [2.45, 2.75) is 25.7 Å². The molecule has 0 spiro atoms. The number of likely N-dealkylation sites (tertiary alicyclic amines) is 1. The summed E-state index contributed by atoms with van der Waals surface area (Å²) in [5.41, 5.74) is 1.32. The van der Waals surface area contributed by atoms with Crippen LogP contribution in [0.15, 0.2) is 48.5 Å². The van der Waals surface area contributed by atoms with Crippen LogP contribution >= 0.6 is 0 Å². The molecule has 2 aromatic carbocycles. The molecular weight excluding hydrogens is 377 g/mol. The average Bonchev–Trinajstić information content (AvgIpc) is 2.95. The van der Waals surface area contributed by atoms with Gasteiger partial charge in [-0.15, -0.1) is 13.2 Å². The SMILES string of the molecule is O=C(Nc1ccc(OC(F)(F)F)cc1)c1ccc(CN2C(=O)CCC2=O)cc1. The number of rotatable bonds is 5. The third-order valence-electron chi connectivity index (χ3n) is 4.06. The van der Waals surface area contributed by atoms with E-state index in [1.807, 2.05) is 0 Å². The minimum atomic E-state index is -4.78. The number of halogens is 3. The predicted molar refractivity (Wildman–Crippen MR) is 92.3 cm³/mol. The predicted octanol–water partition coefficient (Wildman–Crippen LogP) is 3.49. The fraction of sp³-hybridized carbons (Fsp3) is 0.211. The molecule has 3 amide bonds. The number of ether oxygens (including phenoxy) is 1. The van der Waals surface area contributed by atoms with E-state index in [9.17, 15) is 27.6 Å². The molecule has 0 aliphatic carbocycles. The van der Waals surface area contributed by atoms with E-state index in [0.717, 1.165) is 12.1 Å². The molecule has 1 aliphatic rings. The fourth-order valence-electron chi connectivity index (χ4n) is 2.69. The van der Waals surface area contributed by atoms with Crippen molar-refractivity contribution in [3.63, 3.8) is 0 Å². The molecular formula is C19H15F3N2O4. The van der Waals surface area contributed by atoms with Crippen molar-refractivity contribution in [3.8, 4) is 5.75 Å². The van der Waals surface area contributed by atoms with Crippen molar-refractivity contribution in [3.05, 3.63) is 59.7 Å². The second kappa shape index (κ2) is 7.71. The molecule has 3 rings (SSSR count). The summed E-state index contributed by atoms with van der Waals surface area (Å²) in [5, 5.41) is 2.56. The van der Waals surface area contributed by atoms with Gasteiger partial charge in [-0.05, 0) is 42.0 Å². The second-order valence-electron chi connectivity index (χ2n) is 6.10. The molecule has 1 N–H and O–H groups in total. The molecule has 0 bridgehead atoms. The number of carbonyl (C=O) groups is 3. The molecule has 2 aromatic rings. The number of anilines is 1. The summed E-state index contributed by atoms with van der Waals surface area (Å²) in [4.78, 5) is 36.7. The lowest BCUT2D eigenvalue weighted by atomic mass is 10.1. The minimum Gasteiger partial charge on any atom is -0.406 e. The Morgan fingerprint density at radius 1 is 0.964 bits per heavy atom. The summed E-state index contributed by atoms with van der Waals surface area (Å²) in [6.45, 7) is 0.153. The van der Waals surface area contributed by atoms with Gasteiger partial charge in [0.25, 0.3) is 5.91 Å². The molecule has 28 heavy (non-hydrogen) atoms. The third kappa shape index (κ3) is 4.87. The van der Waals surface area contributed by atoms with Crippen LogP contribution in [0.4, 0.5) is 18.9 Å². The van der Waals surface area contributed by atoms with Crippen molar-refractivity contribution in [1.82, 2.24) is 4.90 Å². The van der Waals surface area contributed by atoms with Crippen LogP contribution < -0.4 is 10.1 Å². The third-order valence-corrected chi connectivity index (χ3v) is 4.06. The van der Waals surface area contributed by atoms with Crippen LogP contribution in [0.2, 0.25) is 0 Å². The molecule has 6 nitrogen and oxygen atoms in total. The monoisotopic (exact) mass is 392 g/mol. The first-order valence-corrected chi connectivity index (χ1v) is 8.30. The minimum absolute atomic E-state index is 0.153. The van der Waals surface area contributed by atoms with Gasteiger partial charge >= 0.3 is 6.36 Å². The molecule has 0 aromatic heterocycles. The summed E-state index contributed by atoms with van der Waals surface area (Å²) in [5.74, 6) is -1.28. The molecule has 0 saturated carbocycles.